The van der Waals surface area contributed by atoms with Crippen LogP contribution in [0, 0.1) is 0 Å². The molecule has 0 aliphatic carbocycles. The standard InChI is InChI=1S/C22H30N2O4/c1-6-27-19-11-9-8-10-18(19)23-22(25)16(3)24(4)15-17-12-13-20(28-7-2)21(14-17)26-5/h8-14,16H,6-7,15H2,1-5H3,(H,23,25)/p+1/t16-/m1/s1. The van der Waals surface area contributed by atoms with E-state index in [1.54, 1.807) is 7.11 Å². The van der Waals surface area contributed by atoms with Crippen LogP contribution in [0.25, 0.3) is 0 Å². The van der Waals surface area contributed by atoms with Crippen LogP contribution in [0.1, 0.15) is 26.3 Å². The third-order valence-electron chi connectivity index (χ3n) is 4.59. The molecule has 1 unspecified atom stereocenters. The zero-order valence-electron chi connectivity index (χ0n) is 17.4. The number of carbonyl (C=O) groups is 1. The van der Waals surface area contributed by atoms with Gasteiger partial charge in [-0.1, -0.05) is 12.1 Å². The minimum absolute atomic E-state index is 0.0532. The fourth-order valence-electron chi connectivity index (χ4n) is 2.89. The van der Waals surface area contributed by atoms with Gasteiger partial charge in [0.25, 0.3) is 5.91 Å². The Bertz CT molecular complexity index is 779. The Morgan fingerprint density at radius 2 is 1.71 bits per heavy atom. The summed E-state index contributed by atoms with van der Waals surface area (Å²) in [7, 11) is 3.63. The van der Waals surface area contributed by atoms with Crippen LogP contribution in [0.2, 0.25) is 0 Å². The fraction of sp³-hybridized carbons (Fsp3) is 0.409. The Kier molecular flexibility index (Phi) is 8.14. The van der Waals surface area contributed by atoms with Crippen LogP contribution >= 0.6 is 0 Å². The third kappa shape index (κ3) is 5.63. The van der Waals surface area contributed by atoms with Gasteiger partial charge in [0.1, 0.15) is 12.3 Å². The lowest BCUT2D eigenvalue weighted by molar-refractivity contribution is -0.907. The number of nitrogens with one attached hydrogen (secondary N) is 2. The Labute approximate surface area is 167 Å². The number of ether oxygens (including phenoxy) is 3. The summed E-state index contributed by atoms with van der Waals surface area (Å²) in [6, 6.07) is 13.1. The average molecular weight is 388 g/mol. The molecule has 28 heavy (non-hydrogen) atoms. The topological polar surface area (TPSA) is 61.2 Å². The van der Waals surface area contributed by atoms with Crippen molar-refractivity contribution in [2.45, 2.75) is 33.4 Å². The lowest BCUT2D eigenvalue weighted by Gasteiger charge is -2.22. The normalized spacial score (nSPS) is 12.8. The molecule has 2 atom stereocenters. The predicted molar refractivity (Wildman–Crippen MR) is 110 cm³/mol. The molecule has 0 bridgehead atoms. The fourth-order valence-corrected chi connectivity index (χ4v) is 2.89. The number of likely N-dealkylation sites (N-methyl/N-ethyl adjacent to an activating group) is 1. The number of carbonyl (C=O) groups excluding carboxylic acids is 1. The van der Waals surface area contributed by atoms with Crippen molar-refractivity contribution in [2.24, 2.45) is 0 Å². The van der Waals surface area contributed by atoms with Gasteiger partial charge in [0, 0.05) is 5.56 Å². The van der Waals surface area contributed by atoms with E-state index in [4.69, 9.17) is 14.2 Å². The van der Waals surface area contributed by atoms with Gasteiger partial charge in [-0.2, -0.15) is 0 Å². The molecule has 0 heterocycles. The summed E-state index contributed by atoms with van der Waals surface area (Å²) in [5, 5.41) is 2.98. The van der Waals surface area contributed by atoms with Crippen molar-refractivity contribution in [3.8, 4) is 17.2 Å². The molecule has 0 fully saturated rings. The van der Waals surface area contributed by atoms with Gasteiger partial charge in [-0.25, -0.2) is 0 Å². The minimum atomic E-state index is -0.243. The van der Waals surface area contributed by atoms with Crippen LogP contribution in [-0.2, 0) is 11.3 Å². The number of quaternary nitrogens is 1. The van der Waals surface area contributed by atoms with Gasteiger partial charge in [0.15, 0.2) is 17.5 Å². The SMILES string of the molecule is CCOc1ccccc1NC(=O)[C@@H](C)[NH+](C)Cc1ccc(OCC)c(OC)c1. The first-order valence-corrected chi connectivity index (χ1v) is 9.64. The predicted octanol–water partition coefficient (Wildman–Crippen LogP) is 2.53. The van der Waals surface area contributed by atoms with E-state index in [1.807, 2.05) is 70.3 Å². The molecule has 2 aromatic carbocycles. The monoisotopic (exact) mass is 387 g/mol. The average Bonchev–Trinajstić information content (AvgIpc) is 2.70. The van der Waals surface area contributed by atoms with Crippen LogP contribution in [0.15, 0.2) is 42.5 Å². The summed E-state index contributed by atoms with van der Waals surface area (Å²) in [5.74, 6) is 2.06. The molecule has 0 saturated heterocycles. The molecule has 0 spiro atoms. The number of hydrogen-bond acceptors (Lipinski definition) is 4. The van der Waals surface area contributed by atoms with Crippen LogP contribution in [0.3, 0.4) is 0 Å². The van der Waals surface area contributed by atoms with E-state index in [-0.39, 0.29) is 11.9 Å². The molecule has 152 valence electrons. The number of rotatable bonds is 10. The van der Waals surface area contributed by atoms with Gasteiger partial charge in [0.2, 0.25) is 0 Å². The molecule has 0 radical (unpaired) electrons. The highest BCUT2D eigenvalue weighted by atomic mass is 16.5. The van der Waals surface area contributed by atoms with Gasteiger partial charge in [0.05, 0.1) is 33.1 Å². The quantitative estimate of drug-likeness (QED) is 0.658. The van der Waals surface area contributed by atoms with Gasteiger partial charge in [-0.05, 0) is 51.1 Å². The molecule has 1 amide bonds. The summed E-state index contributed by atoms with van der Waals surface area (Å²) in [6.45, 7) is 7.60. The molecule has 0 aliphatic heterocycles. The van der Waals surface area contributed by atoms with Crippen molar-refractivity contribution < 1.29 is 23.9 Å². The lowest BCUT2D eigenvalue weighted by atomic mass is 10.1. The molecule has 6 heteroatoms. The van der Waals surface area contributed by atoms with E-state index >= 15 is 0 Å². The number of hydrogen-bond donors (Lipinski definition) is 2. The van der Waals surface area contributed by atoms with E-state index in [9.17, 15) is 4.79 Å². The van der Waals surface area contributed by atoms with Crippen molar-refractivity contribution in [1.29, 1.82) is 0 Å². The Balaban J connectivity index is 2.04. The van der Waals surface area contributed by atoms with Crippen LogP contribution in [0.5, 0.6) is 17.2 Å². The van der Waals surface area contributed by atoms with Gasteiger partial charge >= 0.3 is 0 Å². The smallest absolute Gasteiger partial charge is 0.282 e. The van der Waals surface area contributed by atoms with E-state index in [0.29, 0.717) is 36.9 Å². The number of para-hydroxylation sites is 2. The Morgan fingerprint density at radius 3 is 2.39 bits per heavy atom. The summed E-state index contributed by atoms with van der Waals surface area (Å²) in [4.78, 5) is 13.8. The maximum Gasteiger partial charge on any atom is 0.282 e. The van der Waals surface area contributed by atoms with E-state index < -0.39 is 0 Å². The molecule has 2 aromatic rings. The molecular weight excluding hydrogens is 356 g/mol. The van der Waals surface area contributed by atoms with Crippen molar-refractivity contribution >= 4 is 11.6 Å². The lowest BCUT2D eigenvalue weighted by Crippen LogP contribution is -3.12. The van der Waals surface area contributed by atoms with Crippen molar-refractivity contribution in [1.82, 2.24) is 0 Å². The highest BCUT2D eigenvalue weighted by Gasteiger charge is 2.23. The molecule has 6 nitrogen and oxygen atoms in total. The highest BCUT2D eigenvalue weighted by Crippen LogP contribution is 2.28. The first-order chi connectivity index (χ1) is 13.5. The Hall–Kier alpha value is -2.73. The molecule has 2 rings (SSSR count). The van der Waals surface area contributed by atoms with Crippen LogP contribution in [-0.4, -0.2) is 39.3 Å². The summed E-state index contributed by atoms with van der Waals surface area (Å²) >= 11 is 0. The summed E-state index contributed by atoms with van der Waals surface area (Å²) in [6.07, 6.45) is 0. The minimum Gasteiger partial charge on any atom is -0.493 e. The molecule has 0 saturated carbocycles. The first kappa shape index (κ1) is 21.6. The van der Waals surface area contributed by atoms with E-state index in [0.717, 1.165) is 16.2 Å². The second-order valence-corrected chi connectivity index (χ2v) is 6.58. The van der Waals surface area contributed by atoms with Gasteiger partial charge in [-0.3, -0.25) is 4.79 Å². The second-order valence-electron chi connectivity index (χ2n) is 6.58. The van der Waals surface area contributed by atoms with Crippen LogP contribution in [0.4, 0.5) is 5.69 Å². The summed E-state index contributed by atoms with van der Waals surface area (Å²) < 4.78 is 16.6. The maximum absolute atomic E-state index is 12.7. The molecular formula is C22H31N2O4+. The molecule has 0 aliphatic rings. The number of methoxy groups -OCH3 is 1. The maximum atomic E-state index is 12.7. The largest absolute Gasteiger partial charge is 0.493 e. The molecule has 0 aromatic heterocycles. The summed E-state index contributed by atoms with van der Waals surface area (Å²) in [5.41, 5.74) is 1.77. The third-order valence-corrected chi connectivity index (χ3v) is 4.59. The number of benzene rings is 2. The van der Waals surface area contributed by atoms with Crippen molar-refractivity contribution in [3.05, 3.63) is 48.0 Å². The molecule has 2 N–H and O–H groups in total. The van der Waals surface area contributed by atoms with E-state index in [1.165, 1.54) is 0 Å². The van der Waals surface area contributed by atoms with Gasteiger partial charge in [-0.15, -0.1) is 0 Å². The van der Waals surface area contributed by atoms with Gasteiger partial charge < -0.3 is 24.4 Å². The number of anilines is 1. The zero-order chi connectivity index (χ0) is 20.5. The number of amides is 1. The second kappa shape index (κ2) is 10.6. The Morgan fingerprint density at radius 1 is 1.04 bits per heavy atom. The zero-order valence-corrected chi connectivity index (χ0v) is 17.4. The highest BCUT2D eigenvalue weighted by molar-refractivity contribution is 5.94. The van der Waals surface area contributed by atoms with Crippen molar-refractivity contribution in [2.75, 3.05) is 32.7 Å². The van der Waals surface area contributed by atoms with Crippen LogP contribution < -0.4 is 24.4 Å². The van der Waals surface area contributed by atoms with Crippen molar-refractivity contribution in [3.63, 3.8) is 0 Å². The first-order valence-electron chi connectivity index (χ1n) is 9.64. The van der Waals surface area contributed by atoms with E-state index in [2.05, 4.69) is 5.32 Å².